The number of benzene rings is 3. The zero-order chi connectivity index (χ0) is 30.5. The van der Waals surface area contributed by atoms with Crippen molar-refractivity contribution in [1.29, 1.82) is 5.26 Å². The highest BCUT2D eigenvalue weighted by Gasteiger charge is 2.58. The number of nitrogens with one attached hydrogen (secondary N) is 2. The fraction of sp³-hybridized carbons (Fsp3) is 0.129. The smallest absolute Gasteiger partial charge is 0.323 e. The van der Waals surface area contributed by atoms with Crippen molar-refractivity contribution in [3.05, 3.63) is 130 Å². The summed E-state index contributed by atoms with van der Waals surface area (Å²) in [6.07, 6.45) is 2.20. The van der Waals surface area contributed by atoms with Gasteiger partial charge in [0.05, 0.1) is 18.2 Å². The Bertz CT molecular complexity index is 1730. The Balaban J connectivity index is 1.30. The number of β-amino-alcohol motifs (C(OH)–C–C–N with tert-alkyl or cyclic N) is 1. The molecule has 0 amide bonds. The molecule has 0 radical (unpaired) electrons. The van der Waals surface area contributed by atoms with Gasteiger partial charge in [0, 0.05) is 29.0 Å². The second-order valence-electron chi connectivity index (χ2n) is 9.46. The second-order valence-corrected chi connectivity index (χ2v) is 9.46. The number of halogens is 4. The molecule has 0 aliphatic carbocycles. The molecule has 43 heavy (non-hydrogen) atoms. The van der Waals surface area contributed by atoms with Crippen LogP contribution in [0.4, 0.5) is 17.6 Å². The summed E-state index contributed by atoms with van der Waals surface area (Å²) in [6, 6.07) is 20.3. The van der Waals surface area contributed by atoms with Crippen LogP contribution in [-0.2, 0) is 18.1 Å². The van der Waals surface area contributed by atoms with E-state index in [1.165, 1.54) is 6.07 Å². The number of hydrazone groups is 1. The maximum atomic E-state index is 15.9. The quantitative estimate of drug-likeness (QED) is 0.207. The van der Waals surface area contributed by atoms with Gasteiger partial charge in [0.2, 0.25) is 0 Å². The van der Waals surface area contributed by atoms with Crippen molar-refractivity contribution in [3.63, 3.8) is 0 Å². The SMILES string of the molecule is N#Cc1ccc(COc2ccc(C#Cc3ccc(C(F)(F)[C@@](O)(CN4C=NNN4)c4ccc(F)cc4F)nc3)cc2)cc1. The number of alkyl halides is 2. The van der Waals surface area contributed by atoms with Crippen molar-refractivity contribution < 1.29 is 27.4 Å². The van der Waals surface area contributed by atoms with Gasteiger partial charge < -0.3 is 9.84 Å². The van der Waals surface area contributed by atoms with Gasteiger partial charge in [-0.3, -0.25) is 9.99 Å². The molecule has 0 unspecified atom stereocenters. The number of hydrogen-bond donors (Lipinski definition) is 3. The van der Waals surface area contributed by atoms with E-state index >= 15 is 8.78 Å². The second kappa shape index (κ2) is 12.2. The van der Waals surface area contributed by atoms with Crippen LogP contribution in [0.2, 0.25) is 0 Å². The third-order valence-electron chi connectivity index (χ3n) is 6.53. The summed E-state index contributed by atoms with van der Waals surface area (Å²) >= 11 is 0. The summed E-state index contributed by atoms with van der Waals surface area (Å²) in [5, 5.41) is 24.8. The third-order valence-corrected chi connectivity index (χ3v) is 6.53. The summed E-state index contributed by atoms with van der Waals surface area (Å²) in [6.45, 7) is -0.545. The molecule has 5 rings (SSSR count). The number of ether oxygens (including phenoxy) is 1. The summed E-state index contributed by atoms with van der Waals surface area (Å²) < 4.78 is 65.8. The molecule has 216 valence electrons. The molecular formula is C31H22F4N6O2. The summed E-state index contributed by atoms with van der Waals surface area (Å²) in [5.41, 5.74) is 2.29. The first kappa shape index (κ1) is 29.1. The van der Waals surface area contributed by atoms with E-state index in [9.17, 15) is 13.9 Å². The number of aliphatic hydroxyl groups is 1. The Morgan fingerprint density at radius 3 is 2.23 bits per heavy atom. The summed E-state index contributed by atoms with van der Waals surface area (Å²) in [7, 11) is 0. The van der Waals surface area contributed by atoms with E-state index < -0.39 is 41.0 Å². The molecular weight excluding hydrogens is 564 g/mol. The first-order chi connectivity index (χ1) is 20.7. The first-order valence-electron chi connectivity index (χ1n) is 12.7. The van der Waals surface area contributed by atoms with Crippen LogP contribution in [0.5, 0.6) is 5.75 Å². The van der Waals surface area contributed by atoms with E-state index in [-0.39, 0.29) is 0 Å². The Morgan fingerprint density at radius 1 is 0.907 bits per heavy atom. The molecule has 1 aliphatic heterocycles. The maximum Gasteiger partial charge on any atom is 0.323 e. The predicted octanol–water partition coefficient (Wildman–Crippen LogP) is 4.46. The van der Waals surface area contributed by atoms with Crippen LogP contribution in [0.15, 0.2) is 90.2 Å². The van der Waals surface area contributed by atoms with Gasteiger partial charge in [0.1, 0.15) is 36.0 Å². The number of hydrogen-bond acceptors (Lipinski definition) is 8. The Hall–Kier alpha value is -5.43. The van der Waals surface area contributed by atoms with Crippen molar-refractivity contribution in [2.45, 2.75) is 18.1 Å². The normalized spacial score (nSPS) is 13.8. The number of aromatic nitrogens is 1. The van der Waals surface area contributed by atoms with Crippen LogP contribution in [-0.4, -0.2) is 28.0 Å². The van der Waals surface area contributed by atoms with Crippen LogP contribution < -0.4 is 15.8 Å². The molecule has 3 aromatic carbocycles. The minimum absolute atomic E-state index is 0.315. The van der Waals surface area contributed by atoms with Crippen molar-refractivity contribution in [3.8, 4) is 23.7 Å². The lowest BCUT2D eigenvalue weighted by Crippen LogP contribution is -2.54. The minimum atomic E-state index is -4.14. The molecule has 0 saturated heterocycles. The Labute approximate surface area is 243 Å². The first-order valence-corrected chi connectivity index (χ1v) is 12.7. The average molecular weight is 587 g/mol. The molecule has 0 spiro atoms. The number of nitrogens with zero attached hydrogens (tertiary/aromatic N) is 4. The van der Waals surface area contributed by atoms with Crippen molar-refractivity contribution in [2.24, 2.45) is 5.10 Å². The van der Waals surface area contributed by atoms with Gasteiger partial charge in [-0.15, -0.1) is 5.53 Å². The van der Waals surface area contributed by atoms with E-state index in [1.54, 1.807) is 36.4 Å². The largest absolute Gasteiger partial charge is 0.489 e. The lowest BCUT2D eigenvalue weighted by atomic mass is 9.84. The van der Waals surface area contributed by atoms with Crippen LogP contribution >= 0.6 is 0 Å². The van der Waals surface area contributed by atoms with Crippen LogP contribution in [0.3, 0.4) is 0 Å². The van der Waals surface area contributed by atoms with Gasteiger partial charge in [-0.2, -0.15) is 19.1 Å². The van der Waals surface area contributed by atoms with Crippen molar-refractivity contribution in [2.75, 3.05) is 6.54 Å². The Morgan fingerprint density at radius 2 is 1.60 bits per heavy atom. The zero-order valence-corrected chi connectivity index (χ0v) is 22.2. The molecule has 0 saturated carbocycles. The van der Waals surface area contributed by atoms with Gasteiger partial charge in [0.15, 0.2) is 5.60 Å². The number of pyridine rings is 1. The lowest BCUT2D eigenvalue weighted by molar-refractivity contribution is -0.206. The molecule has 0 bridgehead atoms. The fourth-order valence-corrected chi connectivity index (χ4v) is 4.21. The van der Waals surface area contributed by atoms with Crippen LogP contribution in [0.25, 0.3) is 0 Å². The molecule has 2 heterocycles. The molecule has 1 atom stereocenters. The molecule has 1 aromatic heterocycles. The van der Waals surface area contributed by atoms with E-state index in [2.05, 4.69) is 39.1 Å². The van der Waals surface area contributed by atoms with Crippen molar-refractivity contribution in [1.82, 2.24) is 21.1 Å². The third kappa shape index (κ3) is 6.41. The van der Waals surface area contributed by atoms with E-state index in [0.717, 1.165) is 41.3 Å². The van der Waals surface area contributed by atoms with Crippen LogP contribution in [0, 0.1) is 34.8 Å². The van der Waals surface area contributed by atoms with Gasteiger partial charge in [-0.05, 0) is 66.2 Å². The summed E-state index contributed by atoms with van der Waals surface area (Å²) in [4.78, 5) is 3.82. The van der Waals surface area contributed by atoms with E-state index in [4.69, 9.17) is 10.00 Å². The predicted molar refractivity (Wildman–Crippen MR) is 148 cm³/mol. The van der Waals surface area contributed by atoms with Gasteiger partial charge in [-0.1, -0.05) is 24.0 Å². The van der Waals surface area contributed by atoms with Gasteiger partial charge in [-0.25, -0.2) is 14.3 Å². The Kier molecular flexibility index (Phi) is 8.25. The van der Waals surface area contributed by atoms with Crippen molar-refractivity contribution >= 4 is 6.34 Å². The number of nitriles is 1. The molecule has 8 nitrogen and oxygen atoms in total. The monoisotopic (exact) mass is 586 g/mol. The van der Waals surface area contributed by atoms with E-state index in [0.29, 0.717) is 35.1 Å². The molecule has 4 aromatic rings. The van der Waals surface area contributed by atoms with E-state index in [1.807, 2.05) is 12.1 Å². The number of rotatable bonds is 8. The fourth-order valence-electron chi connectivity index (χ4n) is 4.21. The average Bonchev–Trinajstić information content (AvgIpc) is 3.52. The lowest BCUT2D eigenvalue weighted by Gasteiger charge is -2.38. The highest BCUT2D eigenvalue weighted by Crippen LogP contribution is 2.46. The maximum absolute atomic E-state index is 15.9. The topological polar surface area (TPSA) is 106 Å². The molecule has 12 heteroatoms. The highest BCUT2D eigenvalue weighted by atomic mass is 19.3. The summed E-state index contributed by atoms with van der Waals surface area (Å²) in [5.74, 6) is -0.103. The molecule has 3 N–H and O–H groups in total. The highest BCUT2D eigenvalue weighted by molar-refractivity contribution is 5.55. The van der Waals surface area contributed by atoms with Gasteiger partial charge in [0.25, 0.3) is 0 Å². The van der Waals surface area contributed by atoms with Gasteiger partial charge >= 0.3 is 5.92 Å². The van der Waals surface area contributed by atoms with Crippen LogP contribution in [0.1, 0.15) is 33.5 Å². The number of hydrazine groups is 2. The zero-order valence-electron chi connectivity index (χ0n) is 22.2. The standard InChI is InChI=1S/C31H22F4N6O2/c32-25-10-13-27(28(33)15-25)30(42,19-41-20-38-39-40-41)31(34,35)29-14-9-23(17-37-29)4-1-21-7-11-26(12-8-21)43-18-24-5-2-22(16-36)3-6-24/h2-3,5-15,17,20,39-40,42H,18-19H2/t30-/m1/s1. The molecule has 1 aliphatic rings. The minimum Gasteiger partial charge on any atom is -0.489 e. The molecule has 0 fully saturated rings.